The summed E-state index contributed by atoms with van der Waals surface area (Å²) >= 11 is 1.59. The molecule has 0 fully saturated rings. The Morgan fingerprint density at radius 2 is 1.80 bits per heavy atom. The van der Waals surface area contributed by atoms with Crippen molar-refractivity contribution in [2.45, 2.75) is 6.54 Å². The van der Waals surface area contributed by atoms with E-state index in [2.05, 4.69) is 9.97 Å². The van der Waals surface area contributed by atoms with Crippen LogP contribution in [0.3, 0.4) is 0 Å². The molecular weight excluding hydrogens is 268 g/mol. The van der Waals surface area contributed by atoms with E-state index in [-0.39, 0.29) is 0 Å². The molecule has 0 unspecified atom stereocenters. The third-order valence-electron chi connectivity index (χ3n) is 3.03. The second kappa shape index (κ2) is 5.40. The first-order chi connectivity index (χ1) is 9.79. The zero-order chi connectivity index (χ0) is 13.9. The Morgan fingerprint density at radius 3 is 2.45 bits per heavy atom. The molecule has 2 heterocycles. The Morgan fingerprint density at radius 1 is 1.00 bits per heavy atom. The SMILES string of the molecule is NCc1c(N)nc(-c2cccs2)nc1-c1ccccc1. The van der Waals surface area contributed by atoms with E-state index in [4.69, 9.17) is 11.5 Å². The first-order valence-electron chi connectivity index (χ1n) is 6.25. The highest BCUT2D eigenvalue weighted by molar-refractivity contribution is 7.13. The van der Waals surface area contributed by atoms with Crippen LogP contribution in [-0.4, -0.2) is 9.97 Å². The lowest BCUT2D eigenvalue weighted by molar-refractivity contribution is 1.03. The minimum atomic E-state index is 0.320. The summed E-state index contributed by atoms with van der Waals surface area (Å²) in [5.41, 5.74) is 14.4. The van der Waals surface area contributed by atoms with Crippen molar-refractivity contribution in [1.82, 2.24) is 9.97 Å². The Labute approximate surface area is 121 Å². The molecule has 0 aliphatic rings. The number of benzene rings is 1. The molecule has 0 atom stereocenters. The van der Waals surface area contributed by atoms with Gasteiger partial charge < -0.3 is 11.5 Å². The van der Waals surface area contributed by atoms with Crippen LogP contribution < -0.4 is 11.5 Å². The predicted octanol–water partition coefficient (Wildman–Crippen LogP) is 2.91. The summed E-state index contributed by atoms with van der Waals surface area (Å²) in [5.74, 6) is 1.10. The fourth-order valence-corrected chi connectivity index (χ4v) is 2.71. The zero-order valence-corrected chi connectivity index (χ0v) is 11.6. The number of hydrogen-bond acceptors (Lipinski definition) is 5. The van der Waals surface area contributed by atoms with Crippen molar-refractivity contribution in [3.05, 3.63) is 53.4 Å². The van der Waals surface area contributed by atoms with Gasteiger partial charge in [-0.3, -0.25) is 0 Å². The minimum absolute atomic E-state index is 0.320. The van der Waals surface area contributed by atoms with Gasteiger partial charge in [0.15, 0.2) is 5.82 Å². The van der Waals surface area contributed by atoms with Gasteiger partial charge in [0, 0.05) is 17.7 Å². The Kier molecular flexibility index (Phi) is 3.45. The second-order valence-electron chi connectivity index (χ2n) is 4.31. The van der Waals surface area contributed by atoms with E-state index >= 15 is 0 Å². The second-order valence-corrected chi connectivity index (χ2v) is 5.25. The Balaban J connectivity index is 2.21. The molecule has 3 rings (SSSR count). The van der Waals surface area contributed by atoms with Crippen LogP contribution in [-0.2, 0) is 6.54 Å². The summed E-state index contributed by atoms with van der Waals surface area (Å²) in [6.45, 7) is 0.320. The third-order valence-corrected chi connectivity index (χ3v) is 3.90. The number of aromatic nitrogens is 2. The summed E-state index contributed by atoms with van der Waals surface area (Å²) in [7, 11) is 0. The van der Waals surface area contributed by atoms with Crippen molar-refractivity contribution in [3.8, 4) is 22.0 Å². The van der Waals surface area contributed by atoms with Crippen LogP contribution in [0.15, 0.2) is 47.8 Å². The molecule has 0 aliphatic heterocycles. The topological polar surface area (TPSA) is 77.8 Å². The van der Waals surface area contributed by atoms with Crippen molar-refractivity contribution in [3.63, 3.8) is 0 Å². The van der Waals surface area contributed by atoms with Crippen LogP contribution in [0.25, 0.3) is 22.0 Å². The predicted molar refractivity (Wildman–Crippen MR) is 83.1 cm³/mol. The fraction of sp³-hybridized carbons (Fsp3) is 0.0667. The quantitative estimate of drug-likeness (QED) is 0.774. The maximum Gasteiger partial charge on any atom is 0.172 e. The van der Waals surface area contributed by atoms with Crippen molar-refractivity contribution in [2.75, 3.05) is 5.73 Å². The first kappa shape index (κ1) is 12.8. The smallest absolute Gasteiger partial charge is 0.172 e. The van der Waals surface area contributed by atoms with E-state index in [1.165, 1.54) is 0 Å². The molecule has 0 amide bonds. The normalized spacial score (nSPS) is 10.7. The largest absolute Gasteiger partial charge is 0.383 e. The maximum absolute atomic E-state index is 6.05. The third kappa shape index (κ3) is 2.29. The minimum Gasteiger partial charge on any atom is -0.383 e. The number of rotatable bonds is 3. The van der Waals surface area contributed by atoms with Gasteiger partial charge in [0.1, 0.15) is 5.82 Å². The van der Waals surface area contributed by atoms with Crippen LogP contribution >= 0.6 is 11.3 Å². The molecule has 2 aromatic heterocycles. The van der Waals surface area contributed by atoms with Crippen molar-refractivity contribution >= 4 is 17.2 Å². The highest BCUT2D eigenvalue weighted by atomic mass is 32.1. The summed E-state index contributed by atoms with van der Waals surface area (Å²) in [6.07, 6.45) is 0. The first-order valence-corrected chi connectivity index (χ1v) is 7.13. The molecule has 4 nitrogen and oxygen atoms in total. The summed E-state index contributed by atoms with van der Waals surface area (Å²) in [4.78, 5) is 10.0. The molecule has 4 N–H and O–H groups in total. The molecule has 0 saturated carbocycles. The number of nitrogens with zero attached hydrogens (tertiary/aromatic N) is 2. The molecule has 5 heteroatoms. The van der Waals surface area contributed by atoms with Gasteiger partial charge in [-0.1, -0.05) is 36.4 Å². The molecule has 1 aromatic carbocycles. The molecule has 20 heavy (non-hydrogen) atoms. The number of thiophene rings is 1. The van der Waals surface area contributed by atoms with Crippen LogP contribution in [0.4, 0.5) is 5.82 Å². The van der Waals surface area contributed by atoms with Gasteiger partial charge in [-0.25, -0.2) is 9.97 Å². The number of hydrogen-bond donors (Lipinski definition) is 2. The van der Waals surface area contributed by atoms with Crippen molar-refractivity contribution in [2.24, 2.45) is 5.73 Å². The van der Waals surface area contributed by atoms with Crippen LogP contribution in [0.1, 0.15) is 5.56 Å². The zero-order valence-electron chi connectivity index (χ0n) is 10.8. The van der Waals surface area contributed by atoms with Gasteiger partial charge in [-0.2, -0.15) is 0 Å². The van der Waals surface area contributed by atoms with E-state index in [0.717, 1.165) is 21.7 Å². The average Bonchev–Trinajstić information content (AvgIpc) is 3.01. The summed E-state index contributed by atoms with van der Waals surface area (Å²) < 4.78 is 0. The molecule has 0 bridgehead atoms. The van der Waals surface area contributed by atoms with E-state index in [9.17, 15) is 0 Å². The average molecular weight is 282 g/mol. The molecule has 0 aliphatic carbocycles. The summed E-state index contributed by atoms with van der Waals surface area (Å²) in [5, 5.41) is 1.99. The van der Waals surface area contributed by atoms with E-state index in [1.54, 1.807) is 11.3 Å². The molecule has 0 spiro atoms. The lowest BCUT2D eigenvalue weighted by Gasteiger charge is -2.11. The number of anilines is 1. The van der Waals surface area contributed by atoms with Gasteiger partial charge in [0.05, 0.1) is 10.6 Å². The van der Waals surface area contributed by atoms with Gasteiger partial charge in [0.25, 0.3) is 0 Å². The van der Waals surface area contributed by atoms with E-state index in [0.29, 0.717) is 18.2 Å². The fourth-order valence-electron chi connectivity index (χ4n) is 2.05. The number of nitrogen functional groups attached to an aromatic ring is 1. The molecule has 3 aromatic rings. The standard InChI is InChI=1S/C15H14N4S/c16-9-11-13(10-5-2-1-3-6-10)18-15(19-14(11)17)12-7-4-8-20-12/h1-8H,9,16H2,(H2,17,18,19). The lowest BCUT2D eigenvalue weighted by atomic mass is 10.1. The highest BCUT2D eigenvalue weighted by Crippen LogP contribution is 2.29. The van der Waals surface area contributed by atoms with Crippen LogP contribution in [0.2, 0.25) is 0 Å². The molecule has 100 valence electrons. The highest BCUT2D eigenvalue weighted by Gasteiger charge is 2.14. The van der Waals surface area contributed by atoms with E-state index < -0.39 is 0 Å². The molecule has 0 radical (unpaired) electrons. The van der Waals surface area contributed by atoms with E-state index in [1.807, 2.05) is 47.8 Å². The van der Waals surface area contributed by atoms with Crippen LogP contribution in [0.5, 0.6) is 0 Å². The van der Waals surface area contributed by atoms with Gasteiger partial charge >= 0.3 is 0 Å². The van der Waals surface area contributed by atoms with Gasteiger partial charge in [0.2, 0.25) is 0 Å². The molecule has 0 saturated heterocycles. The number of nitrogens with two attached hydrogens (primary N) is 2. The maximum atomic E-state index is 6.05. The Bertz CT molecular complexity index is 708. The van der Waals surface area contributed by atoms with Crippen molar-refractivity contribution < 1.29 is 0 Å². The van der Waals surface area contributed by atoms with Gasteiger partial charge in [-0.05, 0) is 11.4 Å². The van der Waals surface area contributed by atoms with Gasteiger partial charge in [-0.15, -0.1) is 11.3 Å². The molecular formula is C15H14N4S. The lowest BCUT2D eigenvalue weighted by Crippen LogP contribution is -2.09. The monoisotopic (exact) mass is 282 g/mol. The van der Waals surface area contributed by atoms with Crippen molar-refractivity contribution in [1.29, 1.82) is 0 Å². The van der Waals surface area contributed by atoms with Crippen LogP contribution in [0, 0.1) is 0 Å². The summed E-state index contributed by atoms with van der Waals surface area (Å²) in [6, 6.07) is 13.9. The Hall–Kier alpha value is -2.24.